The number of esters is 1. The van der Waals surface area contributed by atoms with Gasteiger partial charge in [-0.15, -0.1) is 0 Å². The van der Waals surface area contributed by atoms with Crippen molar-refractivity contribution in [3.8, 4) is 11.3 Å². The molecule has 5 heteroatoms. The molecule has 5 nitrogen and oxygen atoms in total. The molecule has 0 fully saturated rings. The number of ether oxygens (including phenoxy) is 1. The topological polar surface area (TPSA) is 68.5 Å². The van der Waals surface area contributed by atoms with Gasteiger partial charge < -0.3 is 14.5 Å². The molecule has 1 N–H and O–H groups in total. The molecule has 0 aliphatic carbocycles. The van der Waals surface area contributed by atoms with Crippen molar-refractivity contribution in [2.45, 2.75) is 0 Å². The molecule has 2 aromatic carbocycles. The Kier molecular flexibility index (Phi) is 4.43. The highest BCUT2D eigenvalue weighted by atomic mass is 16.5. The van der Waals surface area contributed by atoms with Crippen LogP contribution in [0.5, 0.6) is 0 Å². The Morgan fingerprint density at radius 3 is 2.29 bits per heavy atom. The molecule has 1 heterocycles. The third-order valence-corrected chi connectivity index (χ3v) is 3.45. The molecule has 0 radical (unpaired) electrons. The molecule has 0 aliphatic heterocycles. The number of carbonyl (C=O) groups is 2. The largest absolute Gasteiger partial charge is 0.465 e. The summed E-state index contributed by atoms with van der Waals surface area (Å²) in [5, 5.41) is 2.72. The van der Waals surface area contributed by atoms with Gasteiger partial charge in [-0.25, -0.2) is 4.79 Å². The van der Waals surface area contributed by atoms with Crippen LogP contribution in [0, 0.1) is 0 Å². The number of methoxy groups -OCH3 is 1. The molecule has 0 aliphatic rings. The van der Waals surface area contributed by atoms with Crippen LogP contribution in [0.15, 0.2) is 71.1 Å². The molecule has 0 saturated heterocycles. The van der Waals surface area contributed by atoms with Crippen molar-refractivity contribution in [1.82, 2.24) is 0 Å². The number of hydrogen-bond donors (Lipinski definition) is 1. The minimum Gasteiger partial charge on any atom is -0.465 e. The number of hydrogen-bond acceptors (Lipinski definition) is 4. The Labute approximate surface area is 138 Å². The lowest BCUT2D eigenvalue weighted by atomic mass is 10.2. The molecular formula is C19H15NO4. The lowest BCUT2D eigenvalue weighted by molar-refractivity contribution is 0.0600. The predicted molar refractivity (Wildman–Crippen MR) is 89.9 cm³/mol. The number of benzene rings is 2. The van der Waals surface area contributed by atoms with Crippen LogP contribution in [0.1, 0.15) is 20.9 Å². The number of furan rings is 1. The van der Waals surface area contributed by atoms with E-state index < -0.39 is 5.97 Å². The third kappa shape index (κ3) is 3.35. The Hall–Kier alpha value is -3.34. The maximum absolute atomic E-state index is 12.2. The summed E-state index contributed by atoms with van der Waals surface area (Å²) >= 11 is 0. The van der Waals surface area contributed by atoms with Gasteiger partial charge in [0.1, 0.15) is 5.76 Å². The summed E-state index contributed by atoms with van der Waals surface area (Å²) in [5.74, 6) is 0.0575. The lowest BCUT2D eigenvalue weighted by Crippen LogP contribution is -2.11. The van der Waals surface area contributed by atoms with Crippen molar-refractivity contribution in [2.75, 3.05) is 12.4 Å². The quantitative estimate of drug-likeness (QED) is 0.738. The summed E-state index contributed by atoms with van der Waals surface area (Å²) in [6.45, 7) is 0. The van der Waals surface area contributed by atoms with Gasteiger partial charge in [-0.1, -0.05) is 30.3 Å². The molecule has 0 atom stereocenters. The van der Waals surface area contributed by atoms with Crippen LogP contribution in [-0.4, -0.2) is 19.0 Å². The average Bonchev–Trinajstić information content (AvgIpc) is 3.13. The standard InChI is InChI=1S/C19H15NO4/c1-23-19(22)14-7-9-15(10-8-14)20-18(21)17-12-11-16(24-17)13-5-3-2-4-6-13/h2-12H,1H3,(H,20,21). The van der Waals surface area contributed by atoms with Crippen LogP contribution in [0.2, 0.25) is 0 Å². The second-order valence-corrected chi connectivity index (χ2v) is 5.05. The minimum atomic E-state index is -0.425. The van der Waals surface area contributed by atoms with E-state index in [1.807, 2.05) is 30.3 Å². The zero-order valence-corrected chi connectivity index (χ0v) is 13.0. The van der Waals surface area contributed by atoms with Crippen LogP contribution in [0.4, 0.5) is 5.69 Å². The molecule has 0 unspecified atom stereocenters. The van der Waals surface area contributed by atoms with Crippen LogP contribution < -0.4 is 5.32 Å². The average molecular weight is 321 g/mol. The highest BCUT2D eigenvalue weighted by Gasteiger charge is 2.13. The van der Waals surface area contributed by atoms with E-state index in [9.17, 15) is 9.59 Å². The first-order chi connectivity index (χ1) is 11.7. The van der Waals surface area contributed by atoms with Gasteiger partial charge in [-0.2, -0.15) is 0 Å². The summed E-state index contributed by atoms with van der Waals surface area (Å²) in [6, 6.07) is 19.3. The van der Waals surface area contributed by atoms with Gasteiger partial charge in [-0.05, 0) is 36.4 Å². The SMILES string of the molecule is COC(=O)c1ccc(NC(=O)c2ccc(-c3ccccc3)o2)cc1. The summed E-state index contributed by atoms with van der Waals surface area (Å²) in [5.41, 5.74) is 1.88. The van der Waals surface area contributed by atoms with E-state index in [1.54, 1.807) is 36.4 Å². The molecule has 0 saturated carbocycles. The molecule has 3 aromatic rings. The van der Waals surface area contributed by atoms with Gasteiger partial charge in [0.15, 0.2) is 5.76 Å². The van der Waals surface area contributed by atoms with Gasteiger partial charge in [-0.3, -0.25) is 4.79 Å². The Morgan fingerprint density at radius 2 is 1.62 bits per heavy atom. The van der Waals surface area contributed by atoms with Gasteiger partial charge in [0.2, 0.25) is 0 Å². The Balaban J connectivity index is 1.71. The Bertz CT molecular complexity index is 851. The highest BCUT2D eigenvalue weighted by molar-refractivity contribution is 6.02. The van der Waals surface area contributed by atoms with Crippen molar-refractivity contribution < 1.29 is 18.7 Å². The van der Waals surface area contributed by atoms with Crippen LogP contribution >= 0.6 is 0 Å². The summed E-state index contributed by atoms with van der Waals surface area (Å²) < 4.78 is 10.2. The normalized spacial score (nSPS) is 10.2. The molecule has 1 amide bonds. The number of carbonyl (C=O) groups excluding carboxylic acids is 2. The maximum Gasteiger partial charge on any atom is 0.337 e. The minimum absolute atomic E-state index is 0.214. The fourth-order valence-electron chi connectivity index (χ4n) is 2.22. The molecular weight excluding hydrogens is 306 g/mol. The highest BCUT2D eigenvalue weighted by Crippen LogP contribution is 2.22. The molecule has 120 valence electrons. The van der Waals surface area contributed by atoms with Crippen molar-refractivity contribution >= 4 is 17.6 Å². The van der Waals surface area contributed by atoms with E-state index in [2.05, 4.69) is 10.1 Å². The lowest BCUT2D eigenvalue weighted by Gasteiger charge is -2.04. The molecule has 3 rings (SSSR count). The van der Waals surface area contributed by atoms with E-state index in [-0.39, 0.29) is 11.7 Å². The molecule has 0 spiro atoms. The smallest absolute Gasteiger partial charge is 0.337 e. The van der Waals surface area contributed by atoms with Crippen molar-refractivity contribution in [3.05, 3.63) is 78.1 Å². The number of rotatable bonds is 4. The maximum atomic E-state index is 12.2. The van der Waals surface area contributed by atoms with E-state index in [4.69, 9.17) is 4.42 Å². The Morgan fingerprint density at radius 1 is 0.917 bits per heavy atom. The van der Waals surface area contributed by atoms with Crippen LogP contribution in [0.25, 0.3) is 11.3 Å². The monoisotopic (exact) mass is 321 g/mol. The zero-order chi connectivity index (χ0) is 16.9. The first-order valence-electron chi connectivity index (χ1n) is 7.32. The first kappa shape index (κ1) is 15.6. The van der Waals surface area contributed by atoms with E-state index in [0.717, 1.165) is 5.56 Å². The van der Waals surface area contributed by atoms with Crippen LogP contribution in [0.3, 0.4) is 0 Å². The fraction of sp³-hybridized carbons (Fsp3) is 0.0526. The van der Waals surface area contributed by atoms with Gasteiger partial charge in [0, 0.05) is 11.3 Å². The second kappa shape index (κ2) is 6.83. The van der Waals surface area contributed by atoms with Crippen molar-refractivity contribution in [1.29, 1.82) is 0 Å². The van der Waals surface area contributed by atoms with Crippen molar-refractivity contribution in [3.63, 3.8) is 0 Å². The molecule has 0 bridgehead atoms. The number of anilines is 1. The van der Waals surface area contributed by atoms with Gasteiger partial charge in [0.25, 0.3) is 5.91 Å². The summed E-state index contributed by atoms with van der Waals surface area (Å²) in [7, 11) is 1.32. The van der Waals surface area contributed by atoms with Crippen molar-refractivity contribution in [2.24, 2.45) is 0 Å². The number of amides is 1. The predicted octanol–water partition coefficient (Wildman–Crippen LogP) is 3.99. The summed E-state index contributed by atoms with van der Waals surface area (Å²) in [6.07, 6.45) is 0. The van der Waals surface area contributed by atoms with Gasteiger partial charge >= 0.3 is 5.97 Å². The van der Waals surface area contributed by atoms with E-state index in [0.29, 0.717) is 17.0 Å². The van der Waals surface area contributed by atoms with Crippen LogP contribution in [-0.2, 0) is 4.74 Å². The third-order valence-electron chi connectivity index (χ3n) is 3.45. The fourth-order valence-corrected chi connectivity index (χ4v) is 2.22. The first-order valence-corrected chi connectivity index (χ1v) is 7.32. The zero-order valence-electron chi connectivity index (χ0n) is 13.0. The summed E-state index contributed by atoms with van der Waals surface area (Å²) in [4.78, 5) is 23.6. The number of nitrogens with one attached hydrogen (secondary N) is 1. The molecule has 1 aromatic heterocycles. The van der Waals surface area contributed by atoms with E-state index in [1.165, 1.54) is 7.11 Å². The molecule has 24 heavy (non-hydrogen) atoms. The second-order valence-electron chi connectivity index (χ2n) is 5.05. The van der Waals surface area contributed by atoms with E-state index >= 15 is 0 Å². The van der Waals surface area contributed by atoms with Gasteiger partial charge in [0.05, 0.1) is 12.7 Å².